The number of para-hydroxylation sites is 4. The summed E-state index contributed by atoms with van der Waals surface area (Å²) in [6.07, 6.45) is 3.90. The molecule has 4 aromatic heterocycles. The van der Waals surface area contributed by atoms with Gasteiger partial charge in [0.2, 0.25) is 0 Å². The average Bonchev–Trinajstić information content (AvgIpc) is 1.63. The Balaban J connectivity index is 0.000000132. The van der Waals surface area contributed by atoms with Gasteiger partial charge >= 0.3 is 6.18 Å². The Morgan fingerprint density at radius 2 is 0.710 bits per heavy atom. The molecular formula is C113H136F14N12O6. The van der Waals surface area contributed by atoms with Crippen LogP contribution in [0.5, 0.6) is 23.0 Å². The van der Waals surface area contributed by atoms with Gasteiger partial charge in [-0.3, -0.25) is 39.2 Å². The van der Waals surface area contributed by atoms with Gasteiger partial charge in [0.15, 0.2) is 0 Å². The summed E-state index contributed by atoms with van der Waals surface area (Å²) >= 11 is 0. The smallest absolute Gasteiger partial charge is 0.401 e. The van der Waals surface area contributed by atoms with E-state index < -0.39 is 133 Å². The number of alkyl halides is 8. The maximum atomic E-state index is 15.7. The molecule has 0 spiro atoms. The van der Waals surface area contributed by atoms with Crippen molar-refractivity contribution in [2.75, 3.05) is 138 Å². The first-order chi connectivity index (χ1) is 69.4. The molecule has 12 aromatic rings. The van der Waals surface area contributed by atoms with Gasteiger partial charge < -0.3 is 49.1 Å². The molecule has 0 unspecified atom stereocenters. The largest absolute Gasteiger partial charge is 0.492 e. The number of likely N-dealkylation sites (tertiary alicyclic amines) is 4. The number of nitrogens with one attached hydrogen (secondary N) is 4. The van der Waals surface area contributed by atoms with Gasteiger partial charge in [0.25, 0.3) is 5.92 Å². The van der Waals surface area contributed by atoms with Crippen molar-refractivity contribution >= 4 is 43.6 Å². The third-order valence-corrected chi connectivity index (χ3v) is 30.4. The highest BCUT2D eigenvalue weighted by Gasteiger charge is 2.49. The van der Waals surface area contributed by atoms with E-state index >= 15 is 30.7 Å². The molecule has 782 valence electrons. The predicted molar refractivity (Wildman–Crippen MR) is 539 cm³/mol. The third-order valence-electron chi connectivity index (χ3n) is 30.4. The van der Waals surface area contributed by atoms with Gasteiger partial charge in [-0.05, 0) is 169 Å². The van der Waals surface area contributed by atoms with Gasteiger partial charge in [0.1, 0.15) is 108 Å². The molecule has 8 aliphatic rings. The number of aromatic nitrogens is 4. The lowest BCUT2D eigenvalue weighted by molar-refractivity contribution is -0.155. The van der Waals surface area contributed by atoms with Gasteiger partial charge in [-0.1, -0.05) is 138 Å². The Morgan fingerprint density at radius 3 is 1.06 bits per heavy atom. The number of hydrogen-bond acceptors (Lipinski definition) is 14. The quantitative estimate of drug-likeness (QED) is 0.0211. The molecule has 8 aliphatic heterocycles. The van der Waals surface area contributed by atoms with Crippen LogP contribution in [-0.2, 0) is 25.7 Å². The number of fused-ring (bicyclic) bond motifs is 12. The summed E-state index contributed by atoms with van der Waals surface area (Å²) in [6.45, 7) is 25.5. The molecule has 6 N–H and O–H groups in total. The first-order valence-electron chi connectivity index (χ1n) is 51.5. The van der Waals surface area contributed by atoms with Gasteiger partial charge in [0.05, 0.1) is 43.9 Å². The maximum Gasteiger partial charge on any atom is 0.401 e. The Hall–Kier alpha value is -10.3. The molecule has 4 saturated heterocycles. The number of aromatic amines is 4. The van der Waals surface area contributed by atoms with Crippen molar-refractivity contribution in [3.63, 3.8) is 0 Å². The second kappa shape index (κ2) is 45.0. The number of rotatable bonds is 34. The van der Waals surface area contributed by atoms with E-state index in [0.29, 0.717) is 75.1 Å². The maximum absolute atomic E-state index is 15.7. The minimum absolute atomic E-state index is 0.0528. The Morgan fingerprint density at radius 1 is 0.372 bits per heavy atom. The lowest BCUT2D eigenvalue weighted by Gasteiger charge is -2.43. The summed E-state index contributed by atoms with van der Waals surface area (Å²) in [5.41, 5.74) is 6.57. The van der Waals surface area contributed by atoms with Crippen LogP contribution in [0, 0.1) is 46.7 Å². The topological polar surface area (TPSA) is 166 Å². The number of nitrogens with zero attached hydrogens (tertiary/aromatic N) is 8. The number of aliphatic hydroxyl groups is 2. The van der Waals surface area contributed by atoms with Crippen molar-refractivity contribution in [1.29, 1.82) is 0 Å². The third kappa shape index (κ3) is 23.9. The Labute approximate surface area is 839 Å². The number of halogens is 14. The van der Waals surface area contributed by atoms with Crippen LogP contribution in [0.15, 0.2) is 158 Å². The SMILES string of the molecule is CCC1CN(CCOc2cc(F)c([C@@H]3c4[nH]c5ccccc5c4C[C@@H](C)N3CC(F)(F)CO)c(F)c2)C1.CCC1CN(CCOc2ccc([C@@H]3c4[nH]c5ccccc5c4C[C@@H](C)N3C[C@](C)(F)CO)cc2)C1.CCCCN1CC(Oc2cc(F)c([C@@H]3c4[nH]c5ccccc5c4C[C@@H](C)N3CC(F)(F)F)c(F)c2)C1.CCCCN1CC(Oc2cc(F)c([C@@H]3c4[nH]c5ccccc5c4C[C@@H](CF)N3CC(C)(C)F)c(F)c2)C1. The second-order valence-electron chi connectivity index (χ2n) is 42.1. The van der Waals surface area contributed by atoms with Gasteiger partial charge in [0, 0.05) is 222 Å². The van der Waals surface area contributed by atoms with E-state index in [9.17, 15) is 40.9 Å². The number of H-pyrrole nitrogens is 4. The van der Waals surface area contributed by atoms with Crippen LogP contribution in [0.4, 0.5) is 61.5 Å². The van der Waals surface area contributed by atoms with Crippen molar-refractivity contribution in [2.45, 2.75) is 217 Å². The van der Waals surface area contributed by atoms with Crippen LogP contribution in [-0.4, -0.2) is 267 Å². The minimum Gasteiger partial charge on any atom is -0.492 e. The number of unbranched alkanes of at least 4 members (excludes halogenated alkanes) is 2. The summed E-state index contributed by atoms with van der Waals surface area (Å²) in [6, 6.07) is 40.8. The van der Waals surface area contributed by atoms with Crippen LogP contribution < -0.4 is 18.9 Å². The highest BCUT2D eigenvalue weighted by Crippen LogP contribution is 2.51. The zero-order chi connectivity index (χ0) is 103. The molecule has 0 bridgehead atoms. The first kappa shape index (κ1) is 106. The Kier molecular flexibility index (Phi) is 32.9. The molecule has 145 heavy (non-hydrogen) atoms. The van der Waals surface area contributed by atoms with Crippen molar-refractivity contribution in [2.24, 2.45) is 11.8 Å². The lowest BCUT2D eigenvalue weighted by Crippen LogP contribution is -2.53. The normalized spacial score (nSPS) is 21.8. The molecule has 20 rings (SSSR count). The molecule has 8 aromatic carbocycles. The van der Waals surface area contributed by atoms with E-state index in [2.05, 4.69) is 109 Å². The number of aliphatic hydroxyl groups excluding tert-OH is 2. The summed E-state index contributed by atoms with van der Waals surface area (Å²) < 4.78 is 231. The zero-order valence-corrected chi connectivity index (χ0v) is 84.3. The van der Waals surface area contributed by atoms with E-state index in [0.717, 1.165) is 191 Å². The van der Waals surface area contributed by atoms with Crippen molar-refractivity contribution < 1.29 is 90.6 Å². The van der Waals surface area contributed by atoms with Crippen LogP contribution in [0.2, 0.25) is 0 Å². The zero-order valence-electron chi connectivity index (χ0n) is 84.3. The molecule has 9 atom stereocenters. The monoisotopic (exact) mass is 2020 g/mol. The molecular weight excluding hydrogens is 1890 g/mol. The fourth-order valence-corrected chi connectivity index (χ4v) is 22.7. The molecule has 4 fully saturated rings. The minimum atomic E-state index is -4.53. The fourth-order valence-electron chi connectivity index (χ4n) is 22.7. The average molecular weight is 2020 g/mol. The summed E-state index contributed by atoms with van der Waals surface area (Å²) in [5.74, 6) is -5.88. The molecule has 0 amide bonds. The number of ether oxygens (including phenoxy) is 4. The van der Waals surface area contributed by atoms with Crippen molar-refractivity contribution in [3.05, 3.63) is 260 Å². The summed E-state index contributed by atoms with van der Waals surface area (Å²) in [4.78, 5) is 28.8. The van der Waals surface area contributed by atoms with E-state index in [1.54, 1.807) is 18.7 Å². The lowest BCUT2D eigenvalue weighted by atomic mass is 9.87. The summed E-state index contributed by atoms with van der Waals surface area (Å²) in [7, 11) is 0. The van der Waals surface area contributed by atoms with Crippen molar-refractivity contribution in [1.82, 2.24) is 59.1 Å². The summed E-state index contributed by atoms with van der Waals surface area (Å²) in [5, 5.41) is 22.8. The molecule has 0 radical (unpaired) electrons. The van der Waals surface area contributed by atoms with E-state index in [4.69, 9.17) is 18.9 Å². The van der Waals surface area contributed by atoms with Crippen molar-refractivity contribution in [3.8, 4) is 23.0 Å². The van der Waals surface area contributed by atoms with E-state index in [1.807, 2.05) is 91.0 Å². The van der Waals surface area contributed by atoms with Crippen LogP contribution >= 0.6 is 0 Å². The number of benzene rings is 8. The second-order valence-corrected chi connectivity index (χ2v) is 42.1. The highest BCUT2D eigenvalue weighted by molar-refractivity contribution is 5.88. The molecule has 12 heterocycles. The Bertz CT molecular complexity index is 6330. The standard InChI is InChI=1S/C29H35F4N3O.C29H38FN3O2.C28H33F4N3O2.C27H30F5N3O/c1-4-5-10-35-15-20(16-35)37-19-12-23(31)26(24(32)13-19)28-27-22(21-8-6-7-9-25(21)34-27)11-18(14-30)36(28)17-29(2,3)33;1-4-21-16-32(17-21)13-14-35-23-11-9-22(10-12-23)28-27-25(24-7-5-6-8-26(24)31-27)15-20(2)33(28)18-29(3,30)19-34;1-3-18-13-34(14-18)8-9-37-19-11-22(29)25(23(30)12-19)27-26-21(20-6-4-5-7-24(20)33-26)10-17(2)35(27)15-28(31,32)16-36;1-3-4-9-34-13-18(14-34)36-17-11-21(28)24(22(29)12-17)26-25-20(19-7-5-6-8-23(19)33-25)10-16(2)35(26)15-27(30,31)32/h6-9,12-13,18,20,28,34H,4-5,10-11,14-17H2,1-3H3;5-12,20-21,28,31,34H,4,13-19H2,1-3H3;4-7,11-12,17-18,27,33,36H,3,8-10,13-16H2,1-2H3;5-8,11-12,16,18,26,33H,3-4,9-10,13-15H2,1-2H3/t18-,28+;20-,28-,29+;17-,27-;16-,26-/m0111/s1. The molecule has 32 heteroatoms. The van der Waals surface area contributed by atoms with E-state index in [1.165, 1.54) is 68.3 Å². The van der Waals surface area contributed by atoms with Gasteiger partial charge in [-0.25, -0.2) is 48.3 Å². The molecule has 18 nitrogen and oxygen atoms in total. The number of hydrogen-bond donors (Lipinski definition) is 6. The van der Waals surface area contributed by atoms with Crippen LogP contribution in [0.25, 0.3) is 43.6 Å². The molecule has 0 aliphatic carbocycles. The first-order valence-corrected chi connectivity index (χ1v) is 51.5. The fraction of sp³-hybridized carbons (Fsp3) is 0.504. The molecule has 0 saturated carbocycles. The van der Waals surface area contributed by atoms with Gasteiger partial charge in [-0.2, -0.15) is 13.2 Å². The van der Waals surface area contributed by atoms with Crippen LogP contribution in [0.1, 0.15) is 199 Å². The van der Waals surface area contributed by atoms with Gasteiger partial charge in [-0.15, -0.1) is 0 Å². The van der Waals surface area contributed by atoms with E-state index in [-0.39, 0.29) is 65.8 Å². The van der Waals surface area contributed by atoms with Crippen LogP contribution in [0.3, 0.4) is 0 Å². The predicted octanol–water partition coefficient (Wildman–Crippen LogP) is 22.6. The highest BCUT2D eigenvalue weighted by atomic mass is 19.4.